The number of likely N-dealkylation sites (N-methyl/N-ethyl adjacent to an activating group) is 2. The van der Waals surface area contributed by atoms with Gasteiger partial charge in [-0.3, -0.25) is 9.69 Å². The molecule has 0 heterocycles. The Hall–Kier alpha value is -0.570. The van der Waals surface area contributed by atoms with Crippen LogP contribution in [0.15, 0.2) is 0 Å². The molecule has 0 N–H and O–H groups in total. The normalized spacial score (nSPS) is 26.2. The second-order valence-electron chi connectivity index (χ2n) is 4.46. The maximum atomic E-state index is 11.3. The summed E-state index contributed by atoms with van der Waals surface area (Å²) in [5, 5.41) is 0. The number of amides is 1. The van der Waals surface area contributed by atoms with Crippen LogP contribution in [-0.4, -0.2) is 49.9 Å². The summed E-state index contributed by atoms with van der Waals surface area (Å²) in [7, 11) is 5.62. The van der Waals surface area contributed by atoms with Gasteiger partial charge in [-0.15, -0.1) is 0 Å². The van der Waals surface area contributed by atoms with Crippen LogP contribution in [0.4, 0.5) is 0 Å². The van der Waals surface area contributed by atoms with E-state index >= 15 is 0 Å². The van der Waals surface area contributed by atoms with Gasteiger partial charge in [-0.25, -0.2) is 0 Å². The van der Waals surface area contributed by atoms with Gasteiger partial charge < -0.3 is 4.90 Å². The number of nitrogens with zero attached hydrogens (tertiary/aromatic N) is 2. The minimum Gasteiger partial charge on any atom is -0.348 e. The topological polar surface area (TPSA) is 23.6 Å². The molecule has 0 aromatic carbocycles. The van der Waals surface area contributed by atoms with E-state index in [0.29, 0.717) is 6.54 Å². The van der Waals surface area contributed by atoms with Crippen molar-refractivity contribution in [1.82, 2.24) is 9.80 Å². The lowest BCUT2D eigenvalue weighted by atomic mass is 10.3. The van der Waals surface area contributed by atoms with Crippen molar-refractivity contribution in [3.8, 4) is 0 Å². The highest BCUT2D eigenvalue weighted by atomic mass is 16.2. The largest absolute Gasteiger partial charge is 0.348 e. The number of hydrogen-bond acceptors (Lipinski definition) is 2. The van der Waals surface area contributed by atoms with E-state index in [0.717, 1.165) is 18.4 Å². The molecular weight excluding hydrogens is 164 g/mol. The lowest BCUT2D eigenvalue weighted by Crippen LogP contribution is -2.35. The van der Waals surface area contributed by atoms with E-state index in [1.165, 1.54) is 6.42 Å². The SMILES string of the molecule is C[C@H]1C[C@@H]1CN(C)CC(=O)N(C)C. The molecule has 2 atom stereocenters. The zero-order valence-electron chi connectivity index (χ0n) is 9.08. The van der Waals surface area contributed by atoms with Crippen LogP contribution in [0.5, 0.6) is 0 Å². The van der Waals surface area contributed by atoms with E-state index in [9.17, 15) is 4.79 Å². The molecule has 0 saturated heterocycles. The Morgan fingerprint density at radius 2 is 1.92 bits per heavy atom. The predicted molar refractivity (Wildman–Crippen MR) is 53.5 cm³/mol. The molecule has 1 fully saturated rings. The van der Waals surface area contributed by atoms with Gasteiger partial charge in [0.2, 0.25) is 5.91 Å². The van der Waals surface area contributed by atoms with Crippen molar-refractivity contribution >= 4 is 5.91 Å². The van der Waals surface area contributed by atoms with E-state index in [2.05, 4.69) is 11.8 Å². The summed E-state index contributed by atoms with van der Waals surface area (Å²) in [5.41, 5.74) is 0. The van der Waals surface area contributed by atoms with Crippen molar-refractivity contribution in [1.29, 1.82) is 0 Å². The maximum Gasteiger partial charge on any atom is 0.236 e. The molecule has 1 aliphatic rings. The highest BCUT2D eigenvalue weighted by molar-refractivity contribution is 5.77. The lowest BCUT2D eigenvalue weighted by Gasteiger charge is -2.18. The summed E-state index contributed by atoms with van der Waals surface area (Å²) in [4.78, 5) is 15.1. The third-order valence-electron chi connectivity index (χ3n) is 2.73. The molecule has 0 bridgehead atoms. The summed E-state index contributed by atoms with van der Waals surface area (Å²) in [6, 6.07) is 0. The summed E-state index contributed by atoms with van der Waals surface area (Å²) in [6.07, 6.45) is 1.33. The first-order valence-corrected chi connectivity index (χ1v) is 4.89. The fourth-order valence-corrected chi connectivity index (χ4v) is 1.49. The molecule has 0 aliphatic heterocycles. The minimum atomic E-state index is 0.191. The Labute approximate surface area is 80.7 Å². The Balaban J connectivity index is 2.17. The van der Waals surface area contributed by atoms with E-state index < -0.39 is 0 Å². The first-order chi connectivity index (χ1) is 6.00. The zero-order valence-corrected chi connectivity index (χ0v) is 9.08. The molecule has 0 unspecified atom stereocenters. The van der Waals surface area contributed by atoms with E-state index in [-0.39, 0.29) is 5.91 Å². The van der Waals surface area contributed by atoms with Crippen LogP contribution in [0.2, 0.25) is 0 Å². The van der Waals surface area contributed by atoms with Crippen molar-refractivity contribution in [2.45, 2.75) is 13.3 Å². The lowest BCUT2D eigenvalue weighted by molar-refractivity contribution is -0.129. The van der Waals surface area contributed by atoms with Gasteiger partial charge in [-0.2, -0.15) is 0 Å². The van der Waals surface area contributed by atoms with Gasteiger partial charge in [0.25, 0.3) is 0 Å². The molecule has 0 spiro atoms. The van der Waals surface area contributed by atoms with Crippen molar-refractivity contribution in [2.24, 2.45) is 11.8 Å². The molecule has 1 aliphatic carbocycles. The molecule has 0 aromatic heterocycles. The standard InChI is InChI=1S/C10H20N2O/c1-8-5-9(8)6-12(4)7-10(13)11(2)3/h8-9H,5-7H2,1-4H3/t8-,9+/m0/s1. The van der Waals surface area contributed by atoms with Crippen LogP contribution < -0.4 is 0 Å². The Morgan fingerprint density at radius 3 is 2.31 bits per heavy atom. The van der Waals surface area contributed by atoms with Crippen LogP contribution in [-0.2, 0) is 4.79 Å². The van der Waals surface area contributed by atoms with Crippen molar-refractivity contribution in [2.75, 3.05) is 34.2 Å². The van der Waals surface area contributed by atoms with Crippen molar-refractivity contribution in [3.05, 3.63) is 0 Å². The molecule has 3 heteroatoms. The summed E-state index contributed by atoms with van der Waals surface area (Å²) < 4.78 is 0. The molecule has 13 heavy (non-hydrogen) atoms. The fraction of sp³-hybridized carbons (Fsp3) is 0.900. The molecule has 76 valence electrons. The third-order valence-corrected chi connectivity index (χ3v) is 2.73. The van der Waals surface area contributed by atoms with Gasteiger partial charge >= 0.3 is 0 Å². The Morgan fingerprint density at radius 1 is 1.38 bits per heavy atom. The average Bonchev–Trinajstić information content (AvgIpc) is 2.65. The van der Waals surface area contributed by atoms with Gasteiger partial charge in [0.15, 0.2) is 0 Å². The monoisotopic (exact) mass is 184 g/mol. The summed E-state index contributed by atoms with van der Waals surface area (Å²) in [5.74, 6) is 1.90. The van der Waals surface area contributed by atoms with E-state index in [1.54, 1.807) is 19.0 Å². The number of rotatable bonds is 4. The van der Waals surface area contributed by atoms with Gasteiger partial charge in [0, 0.05) is 20.6 Å². The van der Waals surface area contributed by atoms with Crippen LogP contribution in [0.25, 0.3) is 0 Å². The molecule has 3 nitrogen and oxygen atoms in total. The number of carbonyl (C=O) groups is 1. The molecular formula is C10H20N2O. The van der Waals surface area contributed by atoms with Gasteiger partial charge in [-0.05, 0) is 25.3 Å². The van der Waals surface area contributed by atoms with Crippen LogP contribution in [0.1, 0.15) is 13.3 Å². The molecule has 1 saturated carbocycles. The molecule has 0 radical (unpaired) electrons. The van der Waals surface area contributed by atoms with Crippen LogP contribution in [0.3, 0.4) is 0 Å². The molecule has 1 rings (SSSR count). The first kappa shape index (κ1) is 10.5. The molecule has 1 amide bonds. The van der Waals surface area contributed by atoms with E-state index in [1.807, 2.05) is 7.05 Å². The van der Waals surface area contributed by atoms with Gasteiger partial charge in [0.1, 0.15) is 0 Å². The van der Waals surface area contributed by atoms with Crippen LogP contribution in [0, 0.1) is 11.8 Å². The molecule has 0 aromatic rings. The summed E-state index contributed by atoms with van der Waals surface area (Å²) in [6.45, 7) is 3.89. The second kappa shape index (κ2) is 4.09. The van der Waals surface area contributed by atoms with Gasteiger partial charge in [0.05, 0.1) is 6.54 Å². The van der Waals surface area contributed by atoms with Crippen LogP contribution >= 0.6 is 0 Å². The first-order valence-electron chi connectivity index (χ1n) is 4.89. The smallest absolute Gasteiger partial charge is 0.236 e. The van der Waals surface area contributed by atoms with Crippen molar-refractivity contribution < 1.29 is 4.79 Å². The van der Waals surface area contributed by atoms with E-state index in [4.69, 9.17) is 0 Å². The third kappa shape index (κ3) is 3.35. The zero-order chi connectivity index (χ0) is 10.0. The minimum absolute atomic E-state index is 0.191. The fourth-order valence-electron chi connectivity index (χ4n) is 1.49. The average molecular weight is 184 g/mol. The maximum absolute atomic E-state index is 11.3. The van der Waals surface area contributed by atoms with Gasteiger partial charge in [-0.1, -0.05) is 6.92 Å². The predicted octanol–water partition coefficient (Wildman–Crippen LogP) is 0.662. The Bertz CT molecular complexity index is 191. The van der Waals surface area contributed by atoms with Crippen molar-refractivity contribution in [3.63, 3.8) is 0 Å². The quantitative estimate of drug-likeness (QED) is 0.641. The highest BCUT2D eigenvalue weighted by Gasteiger charge is 2.33. The Kier molecular flexibility index (Phi) is 3.31. The number of carbonyl (C=O) groups excluding carboxylic acids is 1. The second-order valence-corrected chi connectivity index (χ2v) is 4.46. The summed E-state index contributed by atoms with van der Waals surface area (Å²) >= 11 is 0. The number of hydrogen-bond donors (Lipinski definition) is 0. The highest BCUT2D eigenvalue weighted by Crippen LogP contribution is 2.37.